The minimum Gasteiger partial charge on any atom is -0.393 e. The number of pyridine rings is 2. The average molecular weight is 597 g/mol. The summed E-state index contributed by atoms with van der Waals surface area (Å²) in [6.45, 7) is 3.05. The summed E-state index contributed by atoms with van der Waals surface area (Å²) in [7, 11) is 1.74. The van der Waals surface area contributed by atoms with Crippen LogP contribution in [0.3, 0.4) is 0 Å². The number of anilines is 1. The quantitative estimate of drug-likeness (QED) is 0.321. The number of nitrogens with one attached hydrogen (secondary N) is 1. The summed E-state index contributed by atoms with van der Waals surface area (Å²) >= 11 is 1.60. The second kappa shape index (κ2) is 12.3. The number of benzene rings is 1. The van der Waals surface area contributed by atoms with Gasteiger partial charge in [0.05, 0.1) is 16.5 Å². The Labute approximate surface area is 255 Å². The Morgan fingerprint density at radius 1 is 1.09 bits per heavy atom. The molecule has 0 spiro atoms. The number of rotatable bonds is 6. The van der Waals surface area contributed by atoms with Crippen molar-refractivity contribution in [1.82, 2.24) is 14.5 Å². The summed E-state index contributed by atoms with van der Waals surface area (Å²) < 4.78 is 1.58. The van der Waals surface area contributed by atoms with E-state index in [0.717, 1.165) is 40.1 Å². The van der Waals surface area contributed by atoms with E-state index >= 15 is 0 Å². The Morgan fingerprint density at radius 3 is 2.63 bits per heavy atom. The molecule has 0 atom stereocenters. The fraction of sp³-hybridized carbons (Fsp3) is 0.353. The van der Waals surface area contributed by atoms with Crippen LogP contribution in [0.5, 0.6) is 0 Å². The van der Waals surface area contributed by atoms with Crippen molar-refractivity contribution < 1.29 is 14.7 Å². The van der Waals surface area contributed by atoms with Crippen molar-refractivity contribution in [2.45, 2.75) is 58.0 Å². The standard InChI is InChI=1S/C34H36N4O4S/c1-21-28(7-5-8-29(21)36-32(40)31-18-22-6-3-4-9-30(22)43-31)25-16-24(33(41)37(2)20-25)17-26-11-10-23(19-35-26)34(42)38-14-12-27(39)13-15-38/h5,7-8,10-11,16,18-20,27,39H,3-4,6,9,12-15,17H2,1-2H3,(H,36,40). The van der Waals surface area contributed by atoms with Gasteiger partial charge in [0, 0.05) is 60.8 Å². The number of thiophene rings is 1. The fourth-order valence-electron chi connectivity index (χ4n) is 6.03. The number of piperidine rings is 1. The van der Waals surface area contributed by atoms with Gasteiger partial charge in [-0.3, -0.25) is 19.4 Å². The van der Waals surface area contributed by atoms with Gasteiger partial charge in [-0.1, -0.05) is 12.1 Å². The number of fused-ring (bicyclic) bond motifs is 1. The molecular weight excluding hydrogens is 560 g/mol. The number of aliphatic hydroxyl groups excluding tert-OH is 1. The summed E-state index contributed by atoms with van der Waals surface area (Å²) in [5.41, 5.74) is 6.45. The summed E-state index contributed by atoms with van der Waals surface area (Å²) in [5, 5.41) is 12.8. The van der Waals surface area contributed by atoms with E-state index in [4.69, 9.17) is 0 Å². The lowest BCUT2D eigenvalue weighted by Crippen LogP contribution is -2.40. The Hall–Kier alpha value is -4.08. The third kappa shape index (κ3) is 6.19. The van der Waals surface area contributed by atoms with Crippen LogP contribution in [0.15, 0.2) is 59.7 Å². The number of aliphatic hydroxyl groups is 1. The van der Waals surface area contributed by atoms with E-state index in [1.54, 1.807) is 46.2 Å². The number of likely N-dealkylation sites (tertiary alicyclic amines) is 1. The van der Waals surface area contributed by atoms with Gasteiger partial charge in [0.15, 0.2) is 0 Å². The van der Waals surface area contributed by atoms with Crippen molar-refractivity contribution in [2.75, 3.05) is 18.4 Å². The molecular formula is C34H36N4O4S. The maximum atomic E-state index is 13.2. The summed E-state index contributed by atoms with van der Waals surface area (Å²) in [5.74, 6) is -0.184. The highest BCUT2D eigenvalue weighted by Gasteiger charge is 2.23. The zero-order chi connectivity index (χ0) is 30.1. The highest BCUT2D eigenvalue weighted by molar-refractivity contribution is 7.14. The van der Waals surface area contributed by atoms with E-state index in [1.165, 1.54) is 23.3 Å². The molecule has 0 bridgehead atoms. The molecule has 1 saturated heterocycles. The first-order valence-electron chi connectivity index (χ1n) is 14.9. The van der Waals surface area contributed by atoms with Crippen LogP contribution < -0.4 is 10.9 Å². The van der Waals surface area contributed by atoms with Gasteiger partial charge in [-0.2, -0.15) is 0 Å². The van der Waals surface area contributed by atoms with Gasteiger partial charge in [0.2, 0.25) is 0 Å². The van der Waals surface area contributed by atoms with E-state index in [1.807, 2.05) is 43.5 Å². The van der Waals surface area contributed by atoms with Crippen LogP contribution in [0, 0.1) is 6.92 Å². The normalized spacial score (nSPS) is 15.3. The SMILES string of the molecule is Cc1c(NC(=O)c2cc3c(s2)CCCC3)cccc1-c1cc(Cc2ccc(C(=O)N3CCC(O)CC3)cn2)c(=O)n(C)c1. The first kappa shape index (κ1) is 29.0. The lowest BCUT2D eigenvalue weighted by atomic mass is 9.98. The van der Waals surface area contributed by atoms with E-state index in [2.05, 4.69) is 10.3 Å². The molecule has 2 amide bonds. The molecule has 1 aromatic carbocycles. The third-order valence-electron chi connectivity index (χ3n) is 8.57. The van der Waals surface area contributed by atoms with Gasteiger partial charge in [-0.15, -0.1) is 11.3 Å². The average Bonchev–Trinajstić information content (AvgIpc) is 3.46. The van der Waals surface area contributed by atoms with Gasteiger partial charge in [-0.05, 0) is 98.0 Å². The molecule has 0 radical (unpaired) electrons. The molecule has 0 unspecified atom stereocenters. The lowest BCUT2D eigenvalue weighted by molar-refractivity contribution is 0.0546. The van der Waals surface area contributed by atoms with Gasteiger partial charge >= 0.3 is 0 Å². The fourth-order valence-corrected chi connectivity index (χ4v) is 7.18. The van der Waals surface area contributed by atoms with Crippen molar-refractivity contribution in [1.29, 1.82) is 0 Å². The van der Waals surface area contributed by atoms with E-state index in [0.29, 0.717) is 49.2 Å². The molecule has 6 rings (SSSR count). The van der Waals surface area contributed by atoms with E-state index in [-0.39, 0.29) is 23.5 Å². The number of amides is 2. The van der Waals surface area contributed by atoms with Crippen LogP contribution in [-0.2, 0) is 26.3 Å². The first-order valence-corrected chi connectivity index (χ1v) is 15.7. The number of nitrogens with zero attached hydrogens (tertiary/aromatic N) is 3. The molecule has 3 aromatic heterocycles. The minimum absolute atomic E-state index is 0.0910. The second-order valence-corrected chi connectivity index (χ2v) is 12.7. The van der Waals surface area contributed by atoms with Crippen molar-refractivity contribution >= 4 is 28.8 Å². The second-order valence-electron chi connectivity index (χ2n) is 11.6. The number of hydrogen-bond donors (Lipinski definition) is 2. The zero-order valence-corrected chi connectivity index (χ0v) is 25.4. The van der Waals surface area contributed by atoms with Crippen LogP contribution in [-0.4, -0.2) is 50.6 Å². The maximum Gasteiger partial charge on any atom is 0.265 e. The number of carbonyl (C=O) groups excluding carboxylic acids is 2. The smallest absolute Gasteiger partial charge is 0.265 e. The number of carbonyl (C=O) groups is 2. The van der Waals surface area contributed by atoms with Crippen molar-refractivity contribution in [3.8, 4) is 11.1 Å². The summed E-state index contributed by atoms with van der Waals surface area (Å²) in [6, 6.07) is 13.3. The molecule has 1 aliphatic carbocycles. The van der Waals surface area contributed by atoms with E-state index < -0.39 is 0 Å². The Morgan fingerprint density at radius 2 is 1.88 bits per heavy atom. The van der Waals surface area contributed by atoms with Gasteiger partial charge in [0.25, 0.3) is 17.4 Å². The molecule has 43 heavy (non-hydrogen) atoms. The van der Waals surface area contributed by atoms with Crippen LogP contribution in [0.2, 0.25) is 0 Å². The van der Waals surface area contributed by atoms with Gasteiger partial charge in [0.1, 0.15) is 0 Å². The molecule has 2 aliphatic rings. The molecule has 4 heterocycles. The molecule has 9 heteroatoms. The Kier molecular flexibility index (Phi) is 8.27. The molecule has 1 aliphatic heterocycles. The summed E-state index contributed by atoms with van der Waals surface area (Å²) in [4.78, 5) is 47.5. The topological polar surface area (TPSA) is 105 Å². The minimum atomic E-state index is -0.343. The third-order valence-corrected chi connectivity index (χ3v) is 9.80. The molecule has 2 N–H and O–H groups in total. The van der Waals surface area contributed by atoms with Crippen LogP contribution in [0.4, 0.5) is 5.69 Å². The van der Waals surface area contributed by atoms with Gasteiger partial charge < -0.3 is 19.9 Å². The van der Waals surface area contributed by atoms with Crippen LogP contribution in [0.1, 0.15) is 73.0 Å². The predicted molar refractivity (Wildman–Crippen MR) is 169 cm³/mol. The molecule has 4 aromatic rings. The zero-order valence-electron chi connectivity index (χ0n) is 24.6. The molecule has 0 saturated carbocycles. The number of hydrogen-bond acceptors (Lipinski definition) is 6. The Balaban J connectivity index is 1.20. The predicted octanol–water partition coefficient (Wildman–Crippen LogP) is 5.14. The van der Waals surface area contributed by atoms with Crippen LogP contribution >= 0.6 is 11.3 Å². The largest absolute Gasteiger partial charge is 0.393 e. The summed E-state index contributed by atoms with van der Waals surface area (Å²) in [6.07, 6.45) is 9.00. The van der Waals surface area contributed by atoms with E-state index in [9.17, 15) is 19.5 Å². The van der Waals surface area contributed by atoms with Crippen molar-refractivity contribution in [3.63, 3.8) is 0 Å². The molecule has 222 valence electrons. The monoisotopic (exact) mass is 596 g/mol. The maximum absolute atomic E-state index is 13.2. The van der Waals surface area contributed by atoms with Crippen molar-refractivity contribution in [2.24, 2.45) is 7.05 Å². The molecule has 8 nitrogen and oxygen atoms in total. The molecule has 1 fully saturated rings. The van der Waals surface area contributed by atoms with Crippen molar-refractivity contribution in [3.05, 3.63) is 103 Å². The number of aryl methyl sites for hydroxylation is 3. The van der Waals surface area contributed by atoms with Gasteiger partial charge in [-0.25, -0.2) is 0 Å². The van der Waals surface area contributed by atoms with Crippen LogP contribution in [0.25, 0.3) is 11.1 Å². The first-order chi connectivity index (χ1) is 20.8. The number of aromatic nitrogens is 2. The highest BCUT2D eigenvalue weighted by atomic mass is 32.1. The lowest BCUT2D eigenvalue weighted by Gasteiger charge is -2.29. The highest BCUT2D eigenvalue weighted by Crippen LogP contribution is 2.32. The Bertz CT molecular complexity index is 1710.